The average Bonchev–Trinajstić information content (AvgIpc) is 2.43. The van der Waals surface area contributed by atoms with Gasteiger partial charge in [0.05, 0.1) is 35.2 Å². The average molecular weight is 294 g/mol. The molecule has 1 aliphatic heterocycles. The molecule has 1 aliphatic rings. The fourth-order valence-corrected chi connectivity index (χ4v) is 2.40. The molecule has 2 atom stereocenters. The van der Waals surface area contributed by atoms with E-state index in [2.05, 4.69) is 5.32 Å². The van der Waals surface area contributed by atoms with E-state index in [1.54, 1.807) is 4.90 Å². The first-order valence-corrected chi connectivity index (χ1v) is 6.34. The number of nitrogens with two attached hydrogens (primary N) is 1. The molecule has 2 rings (SSSR count). The van der Waals surface area contributed by atoms with Crippen LogP contribution in [-0.4, -0.2) is 41.5 Å². The van der Waals surface area contributed by atoms with E-state index in [0.29, 0.717) is 13.0 Å². The van der Waals surface area contributed by atoms with Crippen LogP contribution in [0, 0.1) is 17.1 Å². The number of nitriles is 1. The topological polar surface area (TPSA) is 123 Å². The minimum absolute atomic E-state index is 0.0518. The molecular formula is C13H15FN4O3. The largest absolute Gasteiger partial charge is 0.465 e. The van der Waals surface area contributed by atoms with E-state index in [9.17, 15) is 14.3 Å². The lowest BCUT2D eigenvalue weighted by Crippen LogP contribution is -2.54. The summed E-state index contributed by atoms with van der Waals surface area (Å²) < 4.78 is 14.1. The number of halogens is 1. The number of nitrogens with one attached hydrogen (secondary N) is 1. The van der Waals surface area contributed by atoms with E-state index in [1.807, 2.05) is 6.07 Å². The maximum absolute atomic E-state index is 14.1. The summed E-state index contributed by atoms with van der Waals surface area (Å²) in [7, 11) is 0. The fraction of sp³-hybridized carbons (Fsp3) is 0.385. The number of rotatable bonds is 2. The highest BCUT2D eigenvalue weighted by Crippen LogP contribution is 2.28. The lowest BCUT2D eigenvalue weighted by molar-refractivity contribution is 0.108. The molecule has 7 nitrogen and oxygen atoms in total. The third-order valence-electron chi connectivity index (χ3n) is 3.44. The van der Waals surface area contributed by atoms with Gasteiger partial charge in [0, 0.05) is 13.1 Å². The number of benzene rings is 1. The van der Waals surface area contributed by atoms with Gasteiger partial charge in [0.1, 0.15) is 0 Å². The maximum Gasteiger partial charge on any atom is 0.404 e. The van der Waals surface area contributed by atoms with Crippen molar-refractivity contribution in [3.8, 4) is 6.07 Å². The number of hydrogen-bond acceptors (Lipinski definition) is 5. The molecule has 0 spiro atoms. The van der Waals surface area contributed by atoms with Crippen molar-refractivity contribution >= 4 is 17.5 Å². The van der Waals surface area contributed by atoms with Crippen molar-refractivity contribution in [2.24, 2.45) is 0 Å². The van der Waals surface area contributed by atoms with Crippen LogP contribution in [0.25, 0.3) is 0 Å². The molecule has 1 amide bonds. The van der Waals surface area contributed by atoms with Gasteiger partial charge < -0.3 is 26.2 Å². The van der Waals surface area contributed by atoms with Crippen LogP contribution in [0.1, 0.15) is 12.0 Å². The number of piperidine rings is 1. The molecule has 8 heteroatoms. The number of β-amino-alcohol motifs (C(OH)–C–C–N with tert-alkyl or cyclic N) is 1. The molecule has 0 saturated carbocycles. The van der Waals surface area contributed by atoms with Gasteiger partial charge in [-0.05, 0) is 18.6 Å². The van der Waals surface area contributed by atoms with Crippen LogP contribution in [0.15, 0.2) is 12.1 Å². The third kappa shape index (κ3) is 3.14. The lowest BCUT2D eigenvalue weighted by Gasteiger charge is -2.37. The number of aliphatic hydroxyl groups is 1. The second-order valence-corrected chi connectivity index (χ2v) is 4.87. The van der Waals surface area contributed by atoms with Crippen molar-refractivity contribution in [3.05, 3.63) is 23.5 Å². The monoisotopic (exact) mass is 294 g/mol. The van der Waals surface area contributed by atoms with Crippen molar-refractivity contribution < 1.29 is 19.4 Å². The molecule has 5 N–H and O–H groups in total. The van der Waals surface area contributed by atoms with Gasteiger partial charge >= 0.3 is 6.09 Å². The molecule has 0 bridgehead atoms. The van der Waals surface area contributed by atoms with Gasteiger partial charge in [-0.1, -0.05) is 0 Å². The zero-order chi connectivity index (χ0) is 15.6. The molecule has 0 aliphatic carbocycles. The standard InChI is InChI=1S/C13H15FN4O3/c14-12-8(16)3-7(5-15)4-10(12)18-2-1-9(11(19)6-18)17-13(20)21/h3-4,9,11,17,19H,1-2,6,16H2,(H,20,21)/t9?,11-/m1/s1. The van der Waals surface area contributed by atoms with Crippen LogP contribution < -0.4 is 16.0 Å². The van der Waals surface area contributed by atoms with Crippen LogP contribution in [0.3, 0.4) is 0 Å². The smallest absolute Gasteiger partial charge is 0.404 e. The Hall–Kier alpha value is -2.53. The molecule has 1 saturated heterocycles. The normalized spacial score (nSPS) is 21.7. The number of carboxylic acid groups (broad SMARTS) is 1. The molecule has 21 heavy (non-hydrogen) atoms. The molecule has 1 aromatic rings. The number of nitrogen functional groups attached to an aromatic ring is 1. The van der Waals surface area contributed by atoms with E-state index in [0.717, 1.165) is 0 Å². The Morgan fingerprint density at radius 2 is 2.29 bits per heavy atom. The van der Waals surface area contributed by atoms with E-state index >= 15 is 0 Å². The number of nitrogens with zero attached hydrogens (tertiary/aromatic N) is 2. The number of aliphatic hydroxyl groups excluding tert-OH is 1. The van der Waals surface area contributed by atoms with E-state index in [1.165, 1.54) is 12.1 Å². The molecular weight excluding hydrogens is 279 g/mol. The van der Waals surface area contributed by atoms with E-state index in [4.69, 9.17) is 16.1 Å². The number of carbonyl (C=O) groups is 1. The van der Waals surface area contributed by atoms with Crippen LogP contribution in [0.5, 0.6) is 0 Å². The quantitative estimate of drug-likeness (QED) is 0.589. The second kappa shape index (κ2) is 5.85. The summed E-state index contributed by atoms with van der Waals surface area (Å²) in [5.41, 5.74) is 5.76. The van der Waals surface area contributed by atoms with Crippen LogP contribution in [-0.2, 0) is 0 Å². The first kappa shape index (κ1) is 14.9. The minimum Gasteiger partial charge on any atom is -0.465 e. The third-order valence-corrected chi connectivity index (χ3v) is 3.44. The minimum atomic E-state index is -1.21. The zero-order valence-electron chi connectivity index (χ0n) is 11.1. The molecule has 1 heterocycles. The SMILES string of the molecule is N#Cc1cc(N)c(F)c(N2CCC(NC(=O)O)[C@H](O)C2)c1. The molecule has 112 valence electrons. The Labute approximate surface area is 120 Å². The molecule has 0 aromatic heterocycles. The Bertz CT molecular complexity index is 602. The van der Waals surface area contributed by atoms with Crippen LogP contribution >= 0.6 is 0 Å². The zero-order valence-corrected chi connectivity index (χ0v) is 11.1. The Kier molecular flexibility index (Phi) is 4.14. The number of amides is 1. The van der Waals surface area contributed by atoms with Crippen molar-refractivity contribution in [3.63, 3.8) is 0 Å². The highest BCUT2D eigenvalue weighted by molar-refractivity contribution is 5.65. The summed E-state index contributed by atoms with van der Waals surface area (Å²) in [6.45, 7) is 0.392. The van der Waals surface area contributed by atoms with Crippen LogP contribution in [0.2, 0.25) is 0 Å². The molecule has 1 unspecified atom stereocenters. The summed E-state index contributed by atoms with van der Waals surface area (Å²) in [5, 5.41) is 29.7. The first-order chi connectivity index (χ1) is 9.92. The Balaban J connectivity index is 2.20. The van der Waals surface area contributed by atoms with Gasteiger partial charge in [-0.3, -0.25) is 0 Å². The Morgan fingerprint density at radius 1 is 1.57 bits per heavy atom. The van der Waals surface area contributed by atoms with Gasteiger partial charge in [-0.2, -0.15) is 5.26 Å². The van der Waals surface area contributed by atoms with E-state index in [-0.39, 0.29) is 23.5 Å². The van der Waals surface area contributed by atoms with Crippen molar-refractivity contribution in [1.29, 1.82) is 5.26 Å². The van der Waals surface area contributed by atoms with Crippen LogP contribution in [0.4, 0.5) is 20.6 Å². The number of hydrogen-bond donors (Lipinski definition) is 4. The fourth-order valence-electron chi connectivity index (χ4n) is 2.40. The van der Waals surface area contributed by atoms with Crippen molar-refractivity contribution in [2.45, 2.75) is 18.6 Å². The van der Waals surface area contributed by atoms with E-state index < -0.39 is 24.1 Å². The first-order valence-electron chi connectivity index (χ1n) is 6.34. The second-order valence-electron chi connectivity index (χ2n) is 4.87. The predicted octanol–water partition coefficient (Wildman–Crippen LogP) is 0.487. The van der Waals surface area contributed by atoms with Crippen molar-refractivity contribution in [1.82, 2.24) is 5.32 Å². The van der Waals surface area contributed by atoms with Gasteiger partial charge in [0.15, 0.2) is 5.82 Å². The maximum atomic E-state index is 14.1. The summed E-state index contributed by atoms with van der Waals surface area (Å²) in [5.74, 6) is -0.647. The van der Waals surface area contributed by atoms with Gasteiger partial charge in [-0.15, -0.1) is 0 Å². The highest BCUT2D eigenvalue weighted by Gasteiger charge is 2.30. The lowest BCUT2D eigenvalue weighted by atomic mass is 10.0. The molecule has 1 fully saturated rings. The molecule has 1 aromatic carbocycles. The highest BCUT2D eigenvalue weighted by atomic mass is 19.1. The van der Waals surface area contributed by atoms with Gasteiger partial charge in [0.2, 0.25) is 0 Å². The summed E-state index contributed by atoms with van der Waals surface area (Å²) in [6.07, 6.45) is -1.86. The summed E-state index contributed by atoms with van der Waals surface area (Å²) >= 11 is 0. The summed E-state index contributed by atoms with van der Waals surface area (Å²) in [6, 6.07) is 3.90. The number of anilines is 2. The summed E-state index contributed by atoms with van der Waals surface area (Å²) in [4.78, 5) is 12.2. The molecule has 0 radical (unpaired) electrons. The van der Waals surface area contributed by atoms with Crippen molar-refractivity contribution in [2.75, 3.05) is 23.7 Å². The van der Waals surface area contributed by atoms with Gasteiger partial charge in [0.25, 0.3) is 0 Å². The predicted molar refractivity (Wildman–Crippen MR) is 73.3 cm³/mol. The van der Waals surface area contributed by atoms with Gasteiger partial charge in [-0.25, -0.2) is 9.18 Å². The Morgan fingerprint density at radius 3 is 2.86 bits per heavy atom.